The van der Waals surface area contributed by atoms with Crippen LogP contribution in [0.3, 0.4) is 0 Å². The Balaban J connectivity index is 1.81. The van der Waals surface area contributed by atoms with Gasteiger partial charge in [0.05, 0.1) is 5.56 Å². The van der Waals surface area contributed by atoms with Crippen molar-refractivity contribution in [3.8, 4) is 0 Å². The van der Waals surface area contributed by atoms with E-state index in [0.717, 1.165) is 24.0 Å². The molecule has 1 aliphatic rings. The molecule has 2 aromatic carbocycles. The van der Waals surface area contributed by atoms with E-state index in [0.29, 0.717) is 19.8 Å². The van der Waals surface area contributed by atoms with Crippen molar-refractivity contribution in [1.82, 2.24) is 5.32 Å². The van der Waals surface area contributed by atoms with Crippen LogP contribution in [0, 0.1) is 5.82 Å². The molecule has 3 rings (SSSR count). The SMILES string of the molecule is O=C(O)c1cccc(CNC2(c3ccc(F)cc3)CCOCC2)c1. The molecule has 1 heterocycles. The van der Waals surface area contributed by atoms with Crippen molar-refractivity contribution >= 4 is 5.97 Å². The Hall–Kier alpha value is -2.24. The van der Waals surface area contributed by atoms with Crippen molar-refractivity contribution < 1.29 is 19.0 Å². The number of carboxylic acids is 1. The summed E-state index contributed by atoms with van der Waals surface area (Å²) in [6.07, 6.45) is 1.58. The van der Waals surface area contributed by atoms with Crippen LogP contribution in [0.15, 0.2) is 48.5 Å². The second-order valence-electron chi connectivity index (χ2n) is 6.06. The third-order valence-electron chi connectivity index (χ3n) is 4.55. The lowest BCUT2D eigenvalue weighted by Crippen LogP contribution is -2.46. The summed E-state index contributed by atoms with van der Waals surface area (Å²) in [5.41, 5.74) is 1.92. The van der Waals surface area contributed by atoms with Crippen LogP contribution in [-0.2, 0) is 16.8 Å². The highest BCUT2D eigenvalue weighted by atomic mass is 19.1. The zero-order valence-corrected chi connectivity index (χ0v) is 13.3. The molecule has 2 aromatic rings. The smallest absolute Gasteiger partial charge is 0.335 e. The van der Waals surface area contributed by atoms with Crippen LogP contribution in [-0.4, -0.2) is 24.3 Å². The van der Waals surface area contributed by atoms with Crippen LogP contribution in [0.2, 0.25) is 0 Å². The number of benzene rings is 2. The first-order valence-electron chi connectivity index (χ1n) is 8.00. The van der Waals surface area contributed by atoms with Gasteiger partial charge in [-0.2, -0.15) is 0 Å². The van der Waals surface area contributed by atoms with E-state index in [1.54, 1.807) is 30.3 Å². The van der Waals surface area contributed by atoms with E-state index in [4.69, 9.17) is 9.84 Å². The molecule has 0 amide bonds. The van der Waals surface area contributed by atoms with E-state index >= 15 is 0 Å². The van der Waals surface area contributed by atoms with Crippen LogP contribution in [0.1, 0.15) is 34.3 Å². The highest BCUT2D eigenvalue weighted by molar-refractivity contribution is 5.87. The summed E-state index contributed by atoms with van der Waals surface area (Å²) in [7, 11) is 0. The highest BCUT2D eigenvalue weighted by Gasteiger charge is 2.33. The minimum Gasteiger partial charge on any atom is -0.478 e. The number of hydrogen-bond acceptors (Lipinski definition) is 3. The predicted molar refractivity (Wildman–Crippen MR) is 88.4 cm³/mol. The molecular weight excluding hydrogens is 309 g/mol. The summed E-state index contributed by atoms with van der Waals surface area (Å²) in [5, 5.41) is 12.7. The van der Waals surface area contributed by atoms with E-state index in [2.05, 4.69) is 5.32 Å². The fourth-order valence-electron chi connectivity index (χ4n) is 3.14. The lowest BCUT2D eigenvalue weighted by atomic mass is 9.82. The summed E-state index contributed by atoms with van der Waals surface area (Å²) in [6, 6.07) is 13.5. The third-order valence-corrected chi connectivity index (χ3v) is 4.55. The molecule has 5 heteroatoms. The number of carbonyl (C=O) groups is 1. The molecule has 0 atom stereocenters. The Morgan fingerprint density at radius 3 is 2.54 bits per heavy atom. The molecule has 0 spiro atoms. The van der Waals surface area contributed by atoms with Gasteiger partial charge in [-0.15, -0.1) is 0 Å². The first-order chi connectivity index (χ1) is 11.6. The first-order valence-corrected chi connectivity index (χ1v) is 8.00. The number of carboxylic acid groups (broad SMARTS) is 1. The van der Waals surface area contributed by atoms with Crippen molar-refractivity contribution in [3.05, 3.63) is 71.0 Å². The van der Waals surface area contributed by atoms with E-state index < -0.39 is 5.97 Å². The van der Waals surface area contributed by atoms with Crippen LogP contribution >= 0.6 is 0 Å². The van der Waals surface area contributed by atoms with Gasteiger partial charge in [-0.05, 0) is 48.2 Å². The zero-order valence-electron chi connectivity index (χ0n) is 13.3. The minimum atomic E-state index is -0.934. The second-order valence-corrected chi connectivity index (χ2v) is 6.06. The normalized spacial score (nSPS) is 16.7. The van der Waals surface area contributed by atoms with Crippen molar-refractivity contribution in [1.29, 1.82) is 0 Å². The molecule has 24 heavy (non-hydrogen) atoms. The van der Waals surface area contributed by atoms with Crippen LogP contribution in [0.5, 0.6) is 0 Å². The summed E-state index contributed by atoms with van der Waals surface area (Å²) in [6.45, 7) is 1.82. The molecule has 0 aliphatic carbocycles. The molecule has 4 nitrogen and oxygen atoms in total. The molecule has 1 saturated heterocycles. The number of aromatic carboxylic acids is 1. The monoisotopic (exact) mass is 329 g/mol. The quantitative estimate of drug-likeness (QED) is 0.883. The van der Waals surface area contributed by atoms with Gasteiger partial charge in [0.2, 0.25) is 0 Å². The molecular formula is C19H20FNO3. The summed E-state index contributed by atoms with van der Waals surface area (Å²) in [4.78, 5) is 11.1. The van der Waals surface area contributed by atoms with Crippen LogP contribution in [0.25, 0.3) is 0 Å². The molecule has 0 aromatic heterocycles. The maximum absolute atomic E-state index is 13.2. The van der Waals surface area contributed by atoms with E-state index in [1.807, 2.05) is 6.07 Å². The van der Waals surface area contributed by atoms with Gasteiger partial charge in [-0.1, -0.05) is 24.3 Å². The number of nitrogens with one attached hydrogen (secondary N) is 1. The standard InChI is InChI=1S/C19H20FNO3/c20-17-6-4-16(5-7-17)19(8-10-24-11-9-19)21-13-14-2-1-3-15(12-14)18(22)23/h1-7,12,21H,8-11,13H2,(H,22,23). The lowest BCUT2D eigenvalue weighted by molar-refractivity contribution is 0.0357. The second kappa shape index (κ2) is 7.11. The minimum absolute atomic E-state index is 0.255. The Morgan fingerprint density at radius 2 is 1.88 bits per heavy atom. The Labute approximate surface area is 140 Å². The Morgan fingerprint density at radius 1 is 1.17 bits per heavy atom. The number of ether oxygens (including phenoxy) is 1. The van der Waals surface area contributed by atoms with E-state index in [9.17, 15) is 9.18 Å². The molecule has 1 fully saturated rings. The summed E-state index contributed by atoms with van der Waals surface area (Å²) in [5.74, 6) is -1.19. The molecule has 2 N–H and O–H groups in total. The number of hydrogen-bond donors (Lipinski definition) is 2. The Kier molecular flexibility index (Phi) is 4.92. The molecule has 0 radical (unpaired) electrons. The number of rotatable bonds is 5. The lowest BCUT2D eigenvalue weighted by Gasteiger charge is -2.39. The summed E-state index contributed by atoms with van der Waals surface area (Å²) >= 11 is 0. The van der Waals surface area contributed by atoms with Crippen molar-refractivity contribution in [2.45, 2.75) is 24.9 Å². The highest BCUT2D eigenvalue weighted by Crippen LogP contribution is 2.32. The first kappa shape index (κ1) is 16.6. The third kappa shape index (κ3) is 3.63. The van der Waals surface area contributed by atoms with Gasteiger partial charge in [0.1, 0.15) is 5.82 Å². The molecule has 0 bridgehead atoms. The Bertz CT molecular complexity index is 709. The van der Waals surface area contributed by atoms with Crippen LogP contribution in [0.4, 0.5) is 4.39 Å². The van der Waals surface area contributed by atoms with Crippen molar-refractivity contribution in [3.63, 3.8) is 0 Å². The van der Waals surface area contributed by atoms with E-state index in [-0.39, 0.29) is 16.9 Å². The van der Waals surface area contributed by atoms with E-state index in [1.165, 1.54) is 12.1 Å². The maximum atomic E-state index is 13.2. The summed E-state index contributed by atoms with van der Waals surface area (Å²) < 4.78 is 18.7. The van der Waals surface area contributed by atoms with Gasteiger partial charge in [0.15, 0.2) is 0 Å². The molecule has 126 valence electrons. The fourth-order valence-corrected chi connectivity index (χ4v) is 3.14. The molecule has 0 saturated carbocycles. The maximum Gasteiger partial charge on any atom is 0.335 e. The van der Waals surface area contributed by atoms with Crippen LogP contribution < -0.4 is 5.32 Å². The van der Waals surface area contributed by atoms with Gasteiger partial charge in [-0.25, -0.2) is 9.18 Å². The topological polar surface area (TPSA) is 58.6 Å². The average Bonchev–Trinajstić information content (AvgIpc) is 2.61. The zero-order chi connectivity index (χ0) is 17.0. The van der Waals surface area contributed by atoms with Gasteiger partial charge in [0.25, 0.3) is 0 Å². The van der Waals surface area contributed by atoms with Crippen molar-refractivity contribution in [2.24, 2.45) is 0 Å². The van der Waals surface area contributed by atoms with Crippen molar-refractivity contribution in [2.75, 3.05) is 13.2 Å². The molecule has 0 unspecified atom stereocenters. The number of halogens is 1. The predicted octanol–water partition coefficient (Wildman–Crippen LogP) is 3.32. The molecule has 1 aliphatic heterocycles. The van der Waals surface area contributed by atoms with Gasteiger partial charge in [0, 0.05) is 25.3 Å². The average molecular weight is 329 g/mol. The van der Waals surface area contributed by atoms with Gasteiger partial charge >= 0.3 is 5.97 Å². The fraction of sp³-hybridized carbons (Fsp3) is 0.316. The van der Waals surface area contributed by atoms with Gasteiger partial charge in [-0.3, -0.25) is 0 Å². The largest absolute Gasteiger partial charge is 0.478 e. The van der Waals surface area contributed by atoms with Gasteiger partial charge < -0.3 is 15.2 Å².